The summed E-state index contributed by atoms with van der Waals surface area (Å²) in [7, 11) is 1.81. The van der Waals surface area contributed by atoms with Gasteiger partial charge in [0.15, 0.2) is 5.75 Å². The highest BCUT2D eigenvalue weighted by molar-refractivity contribution is 5.37. The molecule has 0 spiro atoms. The molecule has 8 heteroatoms. The summed E-state index contributed by atoms with van der Waals surface area (Å²) in [4.78, 5) is 14.5. The zero-order valence-corrected chi connectivity index (χ0v) is 10.7. The fourth-order valence-electron chi connectivity index (χ4n) is 2.02. The second-order valence-corrected chi connectivity index (χ2v) is 4.42. The molecule has 8 nitrogen and oxygen atoms in total. The van der Waals surface area contributed by atoms with Gasteiger partial charge in [-0.25, -0.2) is 0 Å². The molecule has 2 N–H and O–H groups in total. The molecular formula is C11H15N7O. The molecule has 0 amide bonds. The Hall–Kier alpha value is -2.38. The Morgan fingerprint density at radius 3 is 2.68 bits per heavy atom. The van der Waals surface area contributed by atoms with Gasteiger partial charge >= 0.3 is 6.01 Å². The van der Waals surface area contributed by atoms with Crippen LogP contribution in [0, 0.1) is 0 Å². The van der Waals surface area contributed by atoms with Crippen LogP contribution >= 0.6 is 0 Å². The van der Waals surface area contributed by atoms with Gasteiger partial charge in [0.1, 0.15) is 0 Å². The molecule has 0 saturated carbocycles. The number of ether oxygens (including phenoxy) is 1. The Bertz CT molecular complexity index is 576. The van der Waals surface area contributed by atoms with Gasteiger partial charge < -0.3 is 15.4 Å². The largest absolute Gasteiger partial charge is 0.421 e. The van der Waals surface area contributed by atoms with Gasteiger partial charge in [-0.15, -0.1) is 0 Å². The number of aromatic nitrogens is 5. The maximum Gasteiger partial charge on any atom is 0.328 e. The average Bonchev–Trinajstić information content (AvgIpc) is 3.00. The van der Waals surface area contributed by atoms with Gasteiger partial charge in [-0.1, -0.05) is 0 Å². The molecule has 0 aromatic carbocycles. The molecule has 1 saturated heterocycles. The van der Waals surface area contributed by atoms with E-state index in [1.807, 2.05) is 7.05 Å². The Morgan fingerprint density at radius 2 is 2.00 bits per heavy atom. The number of rotatable bonds is 3. The number of nitrogens with zero attached hydrogens (tertiary/aromatic N) is 6. The highest BCUT2D eigenvalue weighted by Gasteiger charge is 2.17. The fraction of sp³-hybridized carbons (Fsp3) is 0.455. The summed E-state index contributed by atoms with van der Waals surface area (Å²) in [6.45, 7) is 1.88. The lowest BCUT2D eigenvalue weighted by Crippen LogP contribution is -2.21. The number of nitrogen functional groups attached to an aromatic ring is 1. The first kappa shape index (κ1) is 11.7. The summed E-state index contributed by atoms with van der Waals surface area (Å²) in [6.07, 6.45) is 5.61. The molecule has 100 valence electrons. The number of anilines is 2. The molecule has 2 aromatic rings. The van der Waals surface area contributed by atoms with Crippen LogP contribution in [-0.2, 0) is 7.05 Å². The van der Waals surface area contributed by atoms with Crippen LogP contribution in [0.2, 0.25) is 0 Å². The Balaban J connectivity index is 1.84. The lowest BCUT2D eigenvalue weighted by Gasteiger charge is -2.15. The molecule has 1 aliphatic rings. The molecule has 3 heterocycles. The number of aryl methyl sites for hydroxylation is 1. The molecule has 0 aliphatic carbocycles. The molecule has 3 rings (SSSR count). The van der Waals surface area contributed by atoms with E-state index in [0.717, 1.165) is 25.9 Å². The van der Waals surface area contributed by atoms with Gasteiger partial charge in [-0.2, -0.15) is 20.1 Å². The van der Waals surface area contributed by atoms with Gasteiger partial charge in [0, 0.05) is 20.1 Å². The topological polar surface area (TPSA) is 95.0 Å². The Kier molecular flexibility index (Phi) is 2.90. The van der Waals surface area contributed by atoms with Crippen LogP contribution in [0.25, 0.3) is 0 Å². The van der Waals surface area contributed by atoms with Crippen LogP contribution in [0.5, 0.6) is 11.8 Å². The quantitative estimate of drug-likeness (QED) is 0.863. The van der Waals surface area contributed by atoms with Crippen LogP contribution in [0.1, 0.15) is 12.8 Å². The third kappa shape index (κ3) is 2.56. The highest BCUT2D eigenvalue weighted by atomic mass is 16.5. The van der Waals surface area contributed by atoms with Crippen molar-refractivity contribution in [1.82, 2.24) is 24.7 Å². The van der Waals surface area contributed by atoms with Gasteiger partial charge in [-0.3, -0.25) is 4.68 Å². The second kappa shape index (κ2) is 4.71. The van der Waals surface area contributed by atoms with E-state index >= 15 is 0 Å². The molecule has 0 atom stereocenters. The van der Waals surface area contributed by atoms with Crippen molar-refractivity contribution in [3.8, 4) is 11.8 Å². The standard InChI is InChI=1S/C11H15N7O/c1-17-7-8(6-13-17)19-11-15-9(12)14-10(16-11)18-4-2-3-5-18/h6-7H,2-5H2,1H3,(H2,12,14,15,16). The minimum Gasteiger partial charge on any atom is -0.421 e. The molecule has 1 fully saturated rings. The van der Waals surface area contributed by atoms with Crippen molar-refractivity contribution in [2.24, 2.45) is 7.05 Å². The summed E-state index contributed by atoms with van der Waals surface area (Å²) in [5.74, 6) is 1.31. The van der Waals surface area contributed by atoms with E-state index in [0.29, 0.717) is 11.7 Å². The molecule has 0 unspecified atom stereocenters. The van der Waals surface area contributed by atoms with Gasteiger partial charge in [-0.05, 0) is 12.8 Å². The second-order valence-electron chi connectivity index (χ2n) is 4.42. The third-order valence-corrected chi connectivity index (χ3v) is 2.90. The highest BCUT2D eigenvalue weighted by Crippen LogP contribution is 2.21. The van der Waals surface area contributed by atoms with Gasteiger partial charge in [0.25, 0.3) is 0 Å². The van der Waals surface area contributed by atoms with E-state index < -0.39 is 0 Å². The predicted octanol–water partition coefficient (Wildman–Crippen LogP) is 0.580. The fourth-order valence-corrected chi connectivity index (χ4v) is 2.02. The van der Waals surface area contributed by atoms with Crippen molar-refractivity contribution in [3.05, 3.63) is 12.4 Å². The summed E-state index contributed by atoms with van der Waals surface area (Å²) < 4.78 is 7.17. The molecule has 0 radical (unpaired) electrons. The van der Waals surface area contributed by atoms with Crippen molar-refractivity contribution in [2.45, 2.75) is 12.8 Å². The first-order valence-electron chi connectivity index (χ1n) is 6.14. The maximum atomic E-state index is 5.70. The van der Waals surface area contributed by atoms with Crippen molar-refractivity contribution in [2.75, 3.05) is 23.7 Å². The molecule has 1 aliphatic heterocycles. The van der Waals surface area contributed by atoms with Gasteiger partial charge in [0.05, 0.1) is 12.4 Å². The smallest absolute Gasteiger partial charge is 0.328 e. The van der Waals surface area contributed by atoms with E-state index in [1.54, 1.807) is 17.1 Å². The minimum atomic E-state index is 0.163. The van der Waals surface area contributed by atoms with Crippen LogP contribution in [0.3, 0.4) is 0 Å². The van der Waals surface area contributed by atoms with E-state index in [-0.39, 0.29) is 12.0 Å². The summed E-state index contributed by atoms with van der Waals surface area (Å²) in [5.41, 5.74) is 5.70. The van der Waals surface area contributed by atoms with E-state index in [1.165, 1.54) is 0 Å². The first-order chi connectivity index (χ1) is 9.20. The number of hydrogen-bond acceptors (Lipinski definition) is 7. The zero-order valence-electron chi connectivity index (χ0n) is 10.7. The first-order valence-corrected chi connectivity index (χ1v) is 6.14. The van der Waals surface area contributed by atoms with E-state index in [2.05, 4.69) is 25.0 Å². The van der Waals surface area contributed by atoms with Crippen molar-refractivity contribution in [3.63, 3.8) is 0 Å². The molecule has 2 aromatic heterocycles. The maximum absolute atomic E-state index is 5.70. The summed E-state index contributed by atoms with van der Waals surface area (Å²) >= 11 is 0. The monoisotopic (exact) mass is 261 g/mol. The molecule has 19 heavy (non-hydrogen) atoms. The normalized spacial score (nSPS) is 14.9. The van der Waals surface area contributed by atoms with Crippen LogP contribution in [0.4, 0.5) is 11.9 Å². The Labute approximate surface area is 110 Å². The SMILES string of the molecule is Cn1cc(Oc2nc(N)nc(N3CCCC3)n2)cn1. The van der Waals surface area contributed by atoms with Crippen molar-refractivity contribution < 1.29 is 4.74 Å². The number of nitrogens with two attached hydrogens (primary N) is 1. The lowest BCUT2D eigenvalue weighted by atomic mass is 10.4. The number of hydrogen-bond donors (Lipinski definition) is 1. The summed E-state index contributed by atoms with van der Waals surface area (Å²) in [5, 5.41) is 4.01. The van der Waals surface area contributed by atoms with Gasteiger partial charge in [0.2, 0.25) is 11.9 Å². The van der Waals surface area contributed by atoms with Crippen LogP contribution < -0.4 is 15.4 Å². The van der Waals surface area contributed by atoms with Crippen molar-refractivity contribution >= 4 is 11.9 Å². The lowest BCUT2D eigenvalue weighted by molar-refractivity contribution is 0.440. The molecular weight excluding hydrogens is 246 g/mol. The zero-order chi connectivity index (χ0) is 13.2. The molecule has 0 bridgehead atoms. The van der Waals surface area contributed by atoms with Crippen LogP contribution in [0.15, 0.2) is 12.4 Å². The van der Waals surface area contributed by atoms with Crippen LogP contribution in [-0.4, -0.2) is 37.8 Å². The third-order valence-electron chi connectivity index (χ3n) is 2.90. The minimum absolute atomic E-state index is 0.163. The summed E-state index contributed by atoms with van der Waals surface area (Å²) in [6, 6.07) is 0.197. The van der Waals surface area contributed by atoms with E-state index in [4.69, 9.17) is 10.5 Å². The van der Waals surface area contributed by atoms with E-state index in [9.17, 15) is 0 Å². The Morgan fingerprint density at radius 1 is 1.21 bits per heavy atom. The predicted molar refractivity (Wildman–Crippen MR) is 69.0 cm³/mol. The van der Waals surface area contributed by atoms with Crippen molar-refractivity contribution in [1.29, 1.82) is 0 Å². The average molecular weight is 261 g/mol.